The van der Waals surface area contributed by atoms with Gasteiger partial charge in [0.05, 0.1) is 11.6 Å². The van der Waals surface area contributed by atoms with Crippen molar-refractivity contribution in [1.82, 2.24) is 15.5 Å². The molecule has 1 fully saturated rings. The van der Waals surface area contributed by atoms with Crippen molar-refractivity contribution in [1.29, 1.82) is 5.26 Å². The minimum atomic E-state index is -0.178. The highest BCUT2D eigenvalue weighted by molar-refractivity contribution is 5.92. The van der Waals surface area contributed by atoms with E-state index in [1.807, 2.05) is 6.07 Å². The zero-order valence-corrected chi connectivity index (χ0v) is 12.6. The minimum absolute atomic E-state index is 0.178. The standard InChI is InChI=1S/C17H17N5O/c18-11-12-4-3-7-14(10-12)19-16-9-8-15(21-22-16)17(23)20-13-5-1-2-6-13/h3-4,7-10,13H,1-2,5-6H2,(H,19,22)(H,20,23). The third kappa shape index (κ3) is 3.83. The maximum atomic E-state index is 12.1. The summed E-state index contributed by atoms with van der Waals surface area (Å²) in [5.74, 6) is 0.347. The Morgan fingerprint density at radius 2 is 2.00 bits per heavy atom. The monoisotopic (exact) mass is 307 g/mol. The van der Waals surface area contributed by atoms with Gasteiger partial charge in [-0.05, 0) is 43.2 Å². The van der Waals surface area contributed by atoms with Gasteiger partial charge in [0.15, 0.2) is 11.5 Å². The summed E-state index contributed by atoms with van der Waals surface area (Å²) in [4.78, 5) is 12.1. The zero-order chi connectivity index (χ0) is 16.1. The molecule has 0 saturated heterocycles. The number of hydrogen-bond donors (Lipinski definition) is 2. The Kier molecular flexibility index (Phi) is 4.48. The predicted octanol–water partition coefficient (Wildman–Crippen LogP) is 2.76. The third-order valence-corrected chi connectivity index (χ3v) is 3.85. The Hall–Kier alpha value is -2.94. The number of anilines is 2. The first-order valence-corrected chi connectivity index (χ1v) is 7.66. The summed E-state index contributed by atoms with van der Waals surface area (Å²) in [7, 11) is 0. The molecule has 1 aromatic carbocycles. The molecule has 0 radical (unpaired) electrons. The highest BCUT2D eigenvalue weighted by Crippen LogP contribution is 2.18. The van der Waals surface area contributed by atoms with Crippen molar-refractivity contribution in [2.45, 2.75) is 31.7 Å². The molecule has 1 heterocycles. The van der Waals surface area contributed by atoms with E-state index in [9.17, 15) is 4.79 Å². The van der Waals surface area contributed by atoms with Gasteiger partial charge in [-0.2, -0.15) is 5.26 Å². The number of amides is 1. The summed E-state index contributed by atoms with van der Waals surface area (Å²) in [6, 6.07) is 12.8. The van der Waals surface area contributed by atoms with Crippen LogP contribution in [-0.2, 0) is 0 Å². The number of carbonyl (C=O) groups excluding carboxylic acids is 1. The van der Waals surface area contributed by atoms with Gasteiger partial charge in [0, 0.05) is 11.7 Å². The molecule has 1 aliphatic carbocycles. The van der Waals surface area contributed by atoms with Crippen molar-refractivity contribution in [3.63, 3.8) is 0 Å². The molecular formula is C17H17N5O. The van der Waals surface area contributed by atoms with Crippen molar-refractivity contribution < 1.29 is 4.79 Å². The fourth-order valence-electron chi connectivity index (χ4n) is 2.66. The van der Waals surface area contributed by atoms with E-state index in [1.54, 1.807) is 30.3 Å². The SMILES string of the molecule is N#Cc1cccc(Nc2ccc(C(=O)NC3CCCC3)nn2)c1. The van der Waals surface area contributed by atoms with Crippen LogP contribution in [0.5, 0.6) is 0 Å². The number of carbonyl (C=O) groups is 1. The molecule has 1 saturated carbocycles. The molecule has 3 rings (SSSR count). The summed E-state index contributed by atoms with van der Waals surface area (Å²) >= 11 is 0. The number of nitrogens with zero attached hydrogens (tertiary/aromatic N) is 3. The molecule has 116 valence electrons. The molecule has 6 heteroatoms. The summed E-state index contributed by atoms with van der Waals surface area (Å²) in [6.07, 6.45) is 4.41. The lowest BCUT2D eigenvalue weighted by molar-refractivity contribution is 0.0932. The average molecular weight is 307 g/mol. The Bertz CT molecular complexity index is 729. The topological polar surface area (TPSA) is 90.7 Å². The van der Waals surface area contributed by atoms with Gasteiger partial charge in [0.25, 0.3) is 5.91 Å². The Labute approximate surface area is 134 Å². The van der Waals surface area contributed by atoms with Gasteiger partial charge in [-0.25, -0.2) is 0 Å². The van der Waals surface area contributed by atoms with Crippen LogP contribution >= 0.6 is 0 Å². The fraction of sp³-hybridized carbons (Fsp3) is 0.294. The second-order valence-electron chi connectivity index (χ2n) is 5.58. The van der Waals surface area contributed by atoms with Crippen molar-refractivity contribution in [3.05, 3.63) is 47.7 Å². The number of nitrogens with one attached hydrogen (secondary N) is 2. The number of rotatable bonds is 4. The number of aromatic nitrogens is 2. The molecule has 0 unspecified atom stereocenters. The van der Waals surface area contributed by atoms with Crippen LogP contribution in [0.15, 0.2) is 36.4 Å². The van der Waals surface area contributed by atoms with Crippen molar-refractivity contribution in [2.75, 3.05) is 5.32 Å². The van der Waals surface area contributed by atoms with E-state index < -0.39 is 0 Å². The molecule has 1 aliphatic rings. The van der Waals surface area contributed by atoms with Crippen LogP contribution in [0.3, 0.4) is 0 Å². The fourth-order valence-corrected chi connectivity index (χ4v) is 2.66. The van der Waals surface area contributed by atoms with Crippen LogP contribution in [0, 0.1) is 11.3 Å². The van der Waals surface area contributed by atoms with Gasteiger partial charge < -0.3 is 10.6 Å². The normalized spacial score (nSPS) is 14.2. The molecular weight excluding hydrogens is 290 g/mol. The van der Waals surface area contributed by atoms with Crippen LogP contribution in [-0.4, -0.2) is 22.1 Å². The van der Waals surface area contributed by atoms with Crippen LogP contribution < -0.4 is 10.6 Å². The van der Waals surface area contributed by atoms with Gasteiger partial charge in [-0.3, -0.25) is 4.79 Å². The molecule has 6 nitrogen and oxygen atoms in total. The van der Waals surface area contributed by atoms with E-state index in [1.165, 1.54) is 12.8 Å². The molecule has 23 heavy (non-hydrogen) atoms. The lowest BCUT2D eigenvalue weighted by Crippen LogP contribution is -2.33. The molecule has 1 amide bonds. The van der Waals surface area contributed by atoms with Gasteiger partial charge in [-0.1, -0.05) is 18.9 Å². The van der Waals surface area contributed by atoms with Gasteiger partial charge >= 0.3 is 0 Å². The smallest absolute Gasteiger partial charge is 0.272 e. The summed E-state index contributed by atoms with van der Waals surface area (Å²) < 4.78 is 0. The zero-order valence-electron chi connectivity index (χ0n) is 12.6. The van der Waals surface area contributed by atoms with Gasteiger partial charge in [-0.15, -0.1) is 10.2 Å². The first-order chi connectivity index (χ1) is 11.2. The second kappa shape index (κ2) is 6.88. The van der Waals surface area contributed by atoms with Gasteiger partial charge in [0.2, 0.25) is 0 Å². The third-order valence-electron chi connectivity index (χ3n) is 3.85. The minimum Gasteiger partial charge on any atom is -0.348 e. The molecule has 2 aromatic rings. The molecule has 0 aliphatic heterocycles. The Balaban J connectivity index is 1.64. The molecule has 0 bridgehead atoms. The van der Waals surface area contributed by atoms with E-state index in [2.05, 4.69) is 26.9 Å². The van der Waals surface area contributed by atoms with E-state index >= 15 is 0 Å². The first-order valence-electron chi connectivity index (χ1n) is 7.66. The molecule has 1 aromatic heterocycles. The second-order valence-corrected chi connectivity index (χ2v) is 5.58. The maximum Gasteiger partial charge on any atom is 0.272 e. The lowest BCUT2D eigenvalue weighted by Gasteiger charge is -2.11. The summed E-state index contributed by atoms with van der Waals surface area (Å²) in [5, 5.41) is 22.9. The van der Waals surface area contributed by atoms with Crippen LogP contribution in [0.2, 0.25) is 0 Å². The molecule has 2 N–H and O–H groups in total. The van der Waals surface area contributed by atoms with Crippen LogP contribution in [0.4, 0.5) is 11.5 Å². The van der Waals surface area contributed by atoms with Crippen molar-refractivity contribution in [2.24, 2.45) is 0 Å². The largest absolute Gasteiger partial charge is 0.348 e. The average Bonchev–Trinajstić information content (AvgIpc) is 3.08. The lowest BCUT2D eigenvalue weighted by atomic mass is 10.2. The number of hydrogen-bond acceptors (Lipinski definition) is 5. The summed E-state index contributed by atoms with van der Waals surface area (Å²) in [5.41, 5.74) is 1.63. The number of nitriles is 1. The highest BCUT2D eigenvalue weighted by Gasteiger charge is 2.18. The van der Waals surface area contributed by atoms with Crippen molar-refractivity contribution >= 4 is 17.4 Å². The Morgan fingerprint density at radius 1 is 1.17 bits per heavy atom. The molecule has 0 atom stereocenters. The first kappa shape index (κ1) is 15.0. The van der Waals surface area contributed by atoms with E-state index in [0.29, 0.717) is 17.1 Å². The quantitative estimate of drug-likeness (QED) is 0.906. The van der Waals surface area contributed by atoms with E-state index in [0.717, 1.165) is 18.5 Å². The molecule has 0 spiro atoms. The predicted molar refractivity (Wildman–Crippen MR) is 86.2 cm³/mol. The van der Waals surface area contributed by atoms with Crippen LogP contribution in [0.1, 0.15) is 41.7 Å². The summed E-state index contributed by atoms with van der Waals surface area (Å²) in [6.45, 7) is 0. The van der Waals surface area contributed by atoms with E-state index in [4.69, 9.17) is 5.26 Å². The van der Waals surface area contributed by atoms with E-state index in [-0.39, 0.29) is 11.9 Å². The number of benzene rings is 1. The Morgan fingerprint density at radius 3 is 2.70 bits per heavy atom. The van der Waals surface area contributed by atoms with Crippen molar-refractivity contribution in [3.8, 4) is 6.07 Å². The van der Waals surface area contributed by atoms with Gasteiger partial charge in [0.1, 0.15) is 0 Å². The van der Waals surface area contributed by atoms with Crippen LogP contribution in [0.25, 0.3) is 0 Å². The highest BCUT2D eigenvalue weighted by atomic mass is 16.2. The maximum absolute atomic E-state index is 12.1.